The lowest BCUT2D eigenvalue weighted by atomic mass is 10.2. The second-order valence-corrected chi connectivity index (χ2v) is 4.73. The van der Waals surface area contributed by atoms with Crippen LogP contribution in [0.3, 0.4) is 0 Å². The topological polar surface area (TPSA) is 85.1 Å². The average Bonchev–Trinajstić information content (AvgIpc) is 2.45. The van der Waals surface area contributed by atoms with E-state index in [0.717, 1.165) is 35.8 Å². The molecule has 0 atom stereocenters. The third-order valence-electron chi connectivity index (χ3n) is 2.97. The predicted molar refractivity (Wildman–Crippen MR) is 86.2 cm³/mol. The van der Waals surface area contributed by atoms with Crippen molar-refractivity contribution in [2.75, 3.05) is 30.0 Å². The first-order valence-electron chi connectivity index (χ1n) is 6.92. The van der Waals surface area contributed by atoms with Gasteiger partial charge in [-0.3, -0.25) is 0 Å². The number of nitrogens with one attached hydrogen (secondary N) is 2. The fourth-order valence-electron chi connectivity index (χ4n) is 1.98. The molecular formula is C15H21N5O. The summed E-state index contributed by atoms with van der Waals surface area (Å²) in [6.45, 7) is 4.93. The van der Waals surface area contributed by atoms with Crippen molar-refractivity contribution in [1.82, 2.24) is 9.97 Å². The van der Waals surface area contributed by atoms with Gasteiger partial charge < -0.3 is 21.1 Å². The Morgan fingerprint density at radius 2 is 1.95 bits per heavy atom. The van der Waals surface area contributed by atoms with Crippen molar-refractivity contribution in [3.63, 3.8) is 0 Å². The first kappa shape index (κ1) is 14.9. The molecule has 0 bridgehead atoms. The number of aromatic nitrogens is 2. The zero-order valence-electron chi connectivity index (χ0n) is 12.6. The summed E-state index contributed by atoms with van der Waals surface area (Å²) in [5.74, 6) is 2.47. The number of nitrogens with zero attached hydrogens (tertiary/aromatic N) is 2. The van der Waals surface area contributed by atoms with Crippen LogP contribution in [0.2, 0.25) is 0 Å². The highest BCUT2D eigenvalue weighted by atomic mass is 16.5. The second-order valence-electron chi connectivity index (χ2n) is 4.73. The van der Waals surface area contributed by atoms with Crippen LogP contribution < -0.4 is 21.1 Å². The van der Waals surface area contributed by atoms with Gasteiger partial charge in [0.2, 0.25) is 5.95 Å². The largest absolute Gasteiger partial charge is 0.496 e. The smallest absolute Gasteiger partial charge is 0.223 e. The van der Waals surface area contributed by atoms with Crippen LogP contribution in [0.15, 0.2) is 24.3 Å². The Hall–Kier alpha value is -2.50. The van der Waals surface area contributed by atoms with Gasteiger partial charge in [0, 0.05) is 18.3 Å². The molecule has 6 heteroatoms. The van der Waals surface area contributed by atoms with Crippen LogP contribution in [0.25, 0.3) is 0 Å². The summed E-state index contributed by atoms with van der Waals surface area (Å²) in [4.78, 5) is 8.35. The first-order valence-corrected chi connectivity index (χ1v) is 6.92. The summed E-state index contributed by atoms with van der Waals surface area (Å²) in [7, 11) is 1.66. The van der Waals surface area contributed by atoms with E-state index < -0.39 is 0 Å². The third-order valence-corrected chi connectivity index (χ3v) is 2.97. The summed E-state index contributed by atoms with van der Waals surface area (Å²) in [6, 6.07) is 7.68. The zero-order chi connectivity index (χ0) is 15.2. The van der Waals surface area contributed by atoms with E-state index in [4.69, 9.17) is 10.5 Å². The Morgan fingerprint density at radius 1 is 1.19 bits per heavy atom. The number of methoxy groups -OCH3 is 1. The zero-order valence-corrected chi connectivity index (χ0v) is 12.6. The van der Waals surface area contributed by atoms with E-state index in [1.807, 2.05) is 31.2 Å². The molecule has 0 saturated heterocycles. The first-order chi connectivity index (χ1) is 10.1. The minimum atomic E-state index is 0.240. The van der Waals surface area contributed by atoms with Crippen molar-refractivity contribution in [1.29, 1.82) is 0 Å². The molecule has 0 fully saturated rings. The van der Waals surface area contributed by atoms with Crippen LogP contribution >= 0.6 is 0 Å². The fourth-order valence-corrected chi connectivity index (χ4v) is 1.98. The maximum absolute atomic E-state index is 5.74. The maximum atomic E-state index is 5.74. The number of hydrogen-bond donors (Lipinski definition) is 3. The molecule has 0 saturated carbocycles. The highest BCUT2D eigenvalue weighted by Gasteiger charge is 2.04. The number of hydrogen-bond acceptors (Lipinski definition) is 6. The third kappa shape index (κ3) is 3.98. The van der Waals surface area contributed by atoms with Crippen LogP contribution in [-0.2, 0) is 0 Å². The Kier molecular flexibility index (Phi) is 4.81. The van der Waals surface area contributed by atoms with Gasteiger partial charge >= 0.3 is 0 Å². The summed E-state index contributed by atoms with van der Waals surface area (Å²) in [5, 5.41) is 6.43. The molecule has 4 N–H and O–H groups in total. The van der Waals surface area contributed by atoms with E-state index in [2.05, 4.69) is 27.5 Å². The number of nitrogens with two attached hydrogens (primary N) is 1. The number of ether oxygens (including phenoxy) is 1. The van der Waals surface area contributed by atoms with Crippen LogP contribution in [-0.4, -0.2) is 23.6 Å². The van der Waals surface area contributed by atoms with Crippen LogP contribution in [0, 0.1) is 6.92 Å². The lowest BCUT2D eigenvalue weighted by Gasteiger charge is -2.11. The Morgan fingerprint density at radius 3 is 2.62 bits per heavy atom. The second kappa shape index (κ2) is 6.78. The predicted octanol–water partition coefficient (Wildman–Crippen LogP) is 2.94. The molecule has 1 aromatic carbocycles. The number of rotatable bonds is 6. The Labute approximate surface area is 124 Å². The monoisotopic (exact) mass is 287 g/mol. The fraction of sp³-hybridized carbons (Fsp3) is 0.333. The van der Waals surface area contributed by atoms with Crippen molar-refractivity contribution < 1.29 is 4.74 Å². The molecule has 112 valence electrons. The number of aryl methyl sites for hydroxylation is 1. The quantitative estimate of drug-likeness (QED) is 0.757. The Bertz CT molecular complexity index is 615. The van der Waals surface area contributed by atoms with Gasteiger partial charge in [0.15, 0.2) is 0 Å². The molecule has 6 nitrogen and oxygen atoms in total. The molecule has 0 amide bonds. The molecule has 0 aliphatic heterocycles. The van der Waals surface area contributed by atoms with Crippen LogP contribution in [0.4, 0.5) is 23.3 Å². The summed E-state index contributed by atoms with van der Waals surface area (Å²) in [6.07, 6.45) is 1.02. The molecule has 0 unspecified atom stereocenters. The van der Waals surface area contributed by atoms with Gasteiger partial charge in [-0.2, -0.15) is 9.97 Å². The van der Waals surface area contributed by atoms with E-state index in [-0.39, 0.29) is 5.95 Å². The molecule has 21 heavy (non-hydrogen) atoms. The maximum Gasteiger partial charge on any atom is 0.223 e. The van der Waals surface area contributed by atoms with Gasteiger partial charge in [-0.1, -0.05) is 6.92 Å². The Balaban J connectivity index is 2.18. The van der Waals surface area contributed by atoms with Gasteiger partial charge in [-0.25, -0.2) is 0 Å². The molecule has 1 heterocycles. The standard InChI is InChI=1S/C15H21N5O/c1-4-7-17-13-9-14(20-15(16)19-13)18-11-5-6-12(21-3)10(2)8-11/h5-6,8-9H,4,7H2,1-3H3,(H4,16,17,18,19,20). The minimum absolute atomic E-state index is 0.240. The van der Waals surface area contributed by atoms with Gasteiger partial charge in [0.25, 0.3) is 0 Å². The molecule has 0 aliphatic rings. The lowest BCUT2D eigenvalue weighted by Crippen LogP contribution is -2.06. The van der Waals surface area contributed by atoms with Crippen LogP contribution in [0.1, 0.15) is 18.9 Å². The van der Waals surface area contributed by atoms with Crippen LogP contribution in [0.5, 0.6) is 5.75 Å². The van der Waals surface area contributed by atoms with Crippen molar-refractivity contribution in [2.45, 2.75) is 20.3 Å². The van der Waals surface area contributed by atoms with E-state index in [1.54, 1.807) is 7.11 Å². The number of benzene rings is 1. The molecule has 2 aromatic rings. The molecule has 0 spiro atoms. The summed E-state index contributed by atoms with van der Waals surface area (Å²) >= 11 is 0. The van der Waals surface area contributed by atoms with Crippen molar-refractivity contribution in [2.24, 2.45) is 0 Å². The summed E-state index contributed by atoms with van der Waals surface area (Å²) < 4.78 is 5.25. The highest BCUT2D eigenvalue weighted by Crippen LogP contribution is 2.24. The molecule has 1 aromatic heterocycles. The number of nitrogen functional groups attached to an aromatic ring is 1. The van der Waals surface area contributed by atoms with Gasteiger partial charge in [0.05, 0.1) is 7.11 Å². The van der Waals surface area contributed by atoms with E-state index >= 15 is 0 Å². The molecule has 2 rings (SSSR count). The van der Waals surface area contributed by atoms with Crippen molar-refractivity contribution >= 4 is 23.3 Å². The molecule has 0 aliphatic carbocycles. The van der Waals surface area contributed by atoms with Gasteiger partial charge in [0.1, 0.15) is 17.4 Å². The van der Waals surface area contributed by atoms with E-state index in [0.29, 0.717) is 5.82 Å². The lowest BCUT2D eigenvalue weighted by molar-refractivity contribution is 0.412. The molecule has 0 radical (unpaired) electrons. The minimum Gasteiger partial charge on any atom is -0.496 e. The van der Waals surface area contributed by atoms with Crippen molar-refractivity contribution in [3.8, 4) is 5.75 Å². The SMILES string of the molecule is CCCNc1cc(Nc2ccc(OC)c(C)c2)nc(N)n1. The molecular weight excluding hydrogens is 266 g/mol. The van der Waals surface area contributed by atoms with E-state index in [9.17, 15) is 0 Å². The normalized spacial score (nSPS) is 10.2. The summed E-state index contributed by atoms with van der Waals surface area (Å²) in [5.41, 5.74) is 7.71. The van der Waals surface area contributed by atoms with Crippen molar-refractivity contribution in [3.05, 3.63) is 29.8 Å². The van der Waals surface area contributed by atoms with Gasteiger partial charge in [-0.15, -0.1) is 0 Å². The van der Waals surface area contributed by atoms with E-state index in [1.165, 1.54) is 0 Å². The average molecular weight is 287 g/mol. The highest BCUT2D eigenvalue weighted by molar-refractivity contribution is 5.62. The number of anilines is 4. The van der Waals surface area contributed by atoms with Gasteiger partial charge in [-0.05, 0) is 37.1 Å².